The van der Waals surface area contributed by atoms with Crippen molar-refractivity contribution in [2.45, 2.75) is 45.3 Å². The minimum absolute atomic E-state index is 0.0780. The first kappa shape index (κ1) is 21.5. The quantitative estimate of drug-likeness (QED) is 0.634. The van der Waals surface area contributed by atoms with E-state index in [0.29, 0.717) is 23.3 Å². The van der Waals surface area contributed by atoms with Crippen molar-refractivity contribution in [2.75, 3.05) is 13.2 Å². The summed E-state index contributed by atoms with van der Waals surface area (Å²) in [5, 5.41) is 3.04. The van der Waals surface area contributed by atoms with Gasteiger partial charge in [0.1, 0.15) is 6.04 Å². The zero-order chi connectivity index (χ0) is 21.8. The third-order valence-corrected chi connectivity index (χ3v) is 6.59. The Morgan fingerprint density at radius 3 is 2.71 bits per heavy atom. The van der Waals surface area contributed by atoms with Crippen LogP contribution in [0.2, 0.25) is 0 Å². The predicted molar refractivity (Wildman–Crippen MR) is 122 cm³/mol. The van der Waals surface area contributed by atoms with Crippen LogP contribution < -0.4 is 10.1 Å². The highest BCUT2D eigenvalue weighted by molar-refractivity contribution is 7.16. The monoisotopic (exact) mass is 437 g/mol. The molecule has 6 nitrogen and oxygen atoms in total. The van der Waals surface area contributed by atoms with Crippen molar-refractivity contribution in [3.05, 3.63) is 64.5 Å². The third-order valence-electron chi connectivity index (χ3n) is 5.56. The Labute approximate surface area is 185 Å². The molecule has 162 valence electrons. The lowest BCUT2D eigenvalue weighted by atomic mass is 10.1. The van der Waals surface area contributed by atoms with Gasteiger partial charge in [-0.2, -0.15) is 4.99 Å². The number of ether oxygens (including phenoxy) is 1. The minimum Gasteiger partial charge on any atom is -0.376 e. The molecule has 2 unspecified atom stereocenters. The molecule has 2 amide bonds. The number of thiazole rings is 1. The number of aromatic nitrogens is 1. The van der Waals surface area contributed by atoms with Crippen LogP contribution in [0, 0.1) is 6.92 Å². The van der Waals surface area contributed by atoms with Gasteiger partial charge in [0.05, 0.1) is 16.3 Å². The van der Waals surface area contributed by atoms with Gasteiger partial charge in [-0.3, -0.25) is 9.59 Å². The van der Waals surface area contributed by atoms with Crippen LogP contribution in [0.1, 0.15) is 48.1 Å². The zero-order valence-corrected chi connectivity index (χ0v) is 18.7. The summed E-state index contributed by atoms with van der Waals surface area (Å²) in [5.41, 5.74) is 2.52. The highest BCUT2D eigenvalue weighted by Crippen LogP contribution is 2.23. The molecule has 1 aliphatic heterocycles. The summed E-state index contributed by atoms with van der Waals surface area (Å²) in [5.74, 6) is -0.388. The van der Waals surface area contributed by atoms with Gasteiger partial charge < -0.3 is 14.6 Å². The van der Waals surface area contributed by atoms with Crippen LogP contribution >= 0.6 is 11.3 Å². The number of para-hydroxylation sites is 1. The summed E-state index contributed by atoms with van der Waals surface area (Å²) in [4.78, 5) is 30.9. The summed E-state index contributed by atoms with van der Waals surface area (Å²) in [7, 11) is 0. The van der Waals surface area contributed by atoms with Gasteiger partial charge in [-0.15, -0.1) is 0 Å². The second-order valence-corrected chi connectivity index (χ2v) is 8.82. The van der Waals surface area contributed by atoms with Gasteiger partial charge in [0.2, 0.25) is 5.91 Å². The number of nitrogens with one attached hydrogen (secondary N) is 1. The van der Waals surface area contributed by atoms with Crippen LogP contribution in [0.3, 0.4) is 0 Å². The Morgan fingerprint density at radius 2 is 2.00 bits per heavy atom. The molecule has 0 radical (unpaired) electrons. The maximum absolute atomic E-state index is 13.1. The molecule has 1 saturated heterocycles. The van der Waals surface area contributed by atoms with Gasteiger partial charge in [0.25, 0.3) is 5.91 Å². The lowest BCUT2D eigenvalue weighted by Crippen LogP contribution is -2.39. The highest BCUT2D eigenvalue weighted by atomic mass is 32.1. The number of rotatable bonds is 6. The Kier molecular flexibility index (Phi) is 6.63. The van der Waals surface area contributed by atoms with E-state index in [0.717, 1.165) is 35.2 Å². The Morgan fingerprint density at radius 1 is 1.23 bits per heavy atom. The highest BCUT2D eigenvalue weighted by Gasteiger charge is 2.24. The van der Waals surface area contributed by atoms with E-state index in [1.54, 1.807) is 12.1 Å². The molecule has 0 bridgehead atoms. The number of benzene rings is 2. The molecular weight excluding hydrogens is 410 g/mol. The number of carbonyl (C=O) groups excluding carboxylic acids is 2. The molecule has 2 heterocycles. The fourth-order valence-corrected chi connectivity index (χ4v) is 4.91. The second kappa shape index (κ2) is 9.58. The number of carbonyl (C=O) groups is 2. The van der Waals surface area contributed by atoms with Gasteiger partial charge in [-0.05, 0) is 50.5 Å². The molecule has 0 spiro atoms. The van der Waals surface area contributed by atoms with E-state index < -0.39 is 6.04 Å². The summed E-state index contributed by atoms with van der Waals surface area (Å²) in [6, 6.07) is 14.8. The minimum atomic E-state index is -0.456. The van der Waals surface area contributed by atoms with Crippen LogP contribution in [-0.4, -0.2) is 35.6 Å². The number of aryl methyl sites for hydroxylation is 1. The average molecular weight is 438 g/mol. The average Bonchev–Trinajstić information content (AvgIpc) is 3.41. The maximum Gasteiger partial charge on any atom is 0.279 e. The molecule has 2 aromatic carbocycles. The number of hydrogen-bond donors (Lipinski definition) is 1. The van der Waals surface area contributed by atoms with Crippen LogP contribution in [0.25, 0.3) is 10.2 Å². The predicted octanol–water partition coefficient (Wildman–Crippen LogP) is 4.00. The molecule has 1 aromatic heterocycles. The van der Waals surface area contributed by atoms with Crippen LogP contribution in [0.15, 0.2) is 53.5 Å². The fourth-order valence-electron chi connectivity index (χ4n) is 3.84. The third kappa shape index (κ3) is 4.78. The first-order chi connectivity index (χ1) is 15.1. The molecule has 31 heavy (non-hydrogen) atoms. The van der Waals surface area contributed by atoms with Gasteiger partial charge in [0.15, 0.2) is 4.80 Å². The van der Waals surface area contributed by atoms with E-state index >= 15 is 0 Å². The zero-order valence-electron chi connectivity index (χ0n) is 17.8. The largest absolute Gasteiger partial charge is 0.376 e. The summed E-state index contributed by atoms with van der Waals surface area (Å²) in [6.45, 7) is 5.21. The SMILES string of the molecule is CCC(C(=O)NCC1CCCO1)n1c(=NC(=O)c2ccc(C)cc2)sc2ccccc21. The maximum atomic E-state index is 13.1. The van der Waals surface area contributed by atoms with E-state index in [9.17, 15) is 9.59 Å². The number of hydrogen-bond acceptors (Lipinski definition) is 4. The van der Waals surface area contributed by atoms with Crippen LogP contribution in [0.5, 0.6) is 0 Å². The normalized spacial score (nSPS) is 17.7. The van der Waals surface area contributed by atoms with E-state index in [4.69, 9.17) is 4.74 Å². The van der Waals surface area contributed by atoms with Gasteiger partial charge in [-0.1, -0.05) is 48.1 Å². The van der Waals surface area contributed by atoms with Crippen molar-refractivity contribution in [1.82, 2.24) is 9.88 Å². The molecule has 1 fully saturated rings. The topological polar surface area (TPSA) is 72.7 Å². The van der Waals surface area contributed by atoms with Crippen molar-refractivity contribution in [3.63, 3.8) is 0 Å². The lowest BCUT2D eigenvalue weighted by Gasteiger charge is -2.19. The standard InChI is InChI=1S/C24H27N3O3S/c1-3-19(23(29)25-15-18-7-6-14-30-18)27-20-8-4-5-9-21(20)31-24(27)26-22(28)17-12-10-16(2)11-13-17/h4-5,8-13,18-19H,3,6-7,14-15H2,1-2H3,(H,25,29). The van der Waals surface area contributed by atoms with Crippen LogP contribution in [0.4, 0.5) is 0 Å². The van der Waals surface area contributed by atoms with E-state index in [1.165, 1.54) is 11.3 Å². The van der Waals surface area contributed by atoms with E-state index in [2.05, 4.69) is 10.3 Å². The number of amides is 2. The summed E-state index contributed by atoms with van der Waals surface area (Å²) >= 11 is 1.43. The number of nitrogens with zero attached hydrogens (tertiary/aromatic N) is 2. The fraction of sp³-hybridized carbons (Fsp3) is 0.375. The van der Waals surface area contributed by atoms with Crippen molar-refractivity contribution in [2.24, 2.45) is 4.99 Å². The molecule has 2 atom stereocenters. The lowest BCUT2D eigenvalue weighted by molar-refractivity contribution is -0.124. The second-order valence-electron chi connectivity index (χ2n) is 7.81. The Balaban J connectivity index is 1.70. The molecule has 0 aliphatic carbocycles. The Hall–Kier alpha value is -2.77. The van der Waals surface area contributed by atoms with Gasteiger partial charge in [-0.25, -0.2) is 0 Å². The van der Waals surface area contributed by atoms with Crippen molar-refractivity contribution >= 4 is 33.4 Å². The molecular formula is C24H27N3O3S. The molecule has 1 aliphatic rings. The molecule has 1 N–H and O–H groups in total. The van der Waals surface area contributed by atoms with Crippen molar-refractivity contribution in [1.29, 1.82) is 0 Å². The van der Waals surface area contributed by atoms with E-state index in [1.807, 2.05) is 54.8 Å². The summed E-state index contributed by atoms with van der Waals surface area (Å²) < 4.78 is 8.52. The van der Waals surface area contributed by atoms with Crippen molar-refractivity contribution in [3.8, 4) is 0 Å². The van der Waals surface area contributed by atoms with Gasteiger partial charge in [0, 0.05) is 18.7 Å². The molecule has 4 rings (SSSR count). The van der Waals surface area contributed by atoms with E-state index in [-0.39, 0.29) is 17.9 Å². The van der Waals surface area contributed by atoms with Gasteiger partial charge >= 0.3 is 0 Å². The summed E-state index contributed by atoms with van der Waals surface area (Å²) in [6.07, 6.45) is 2.67. The van der Waals surface area contributed by atoms with Crippen molar-refractivity contribution < 1.29 is 14.3 Å². The molecule has 0 saturated carbocycles. The van der Waals surface area contributed by atoms with Crippen LogP contribution in [-0.2, 0) is 9.53 Å². The smallest absolute Gasteiger partial charge is 0.279 e. The Bertz CT molecular complexity index is 1140. The number of fused-ring (bicyclic) bond motifs is 1. The first-order valence-corrected chi connectivity index (χ1v) is 11.5. The first-order valence-electron chi connectivity index (χ1n) is 10.7. The molecule has 7 heteroatoms. The molecule has 3 aromatic rings.